The molecular formula is C35H54O3. The van der Waals surface area contributed by atoms with E-state index >= 15 is 0 Å². The Hall–Kier alpha value is -1.09. The maximum absolute atomic E-state index is 11.6. The van der Waals surface area contributed by atoms with E-state index in [4.69, 9.17) is 4.74 Å². The Morgan fingerprint density at radius 3 is 2.32 bits per heavy atom. The second kappa shape index (κ2) is 11.8. The smallest absolute Gasteiger partial charge is 0.306 e. The molecule has 0 radical (unpaired) electrons. The number of carbonyl (C=O) groups is 1. The van der Waals surface area contributed by atoms with Crippen molar-refractivity contribution in [2.75, 3.05) is 7.11 Å². The Morgan fingerprint density at radius 2 is 1.61 bits per heavy atom. The molecule has 212 valence electrons. The van der Waals surface area contributed by atoms with Crippen LogP contribution in [0.4, 0.5) is 0 Å². The van der Waals surface area contributed by atoms with Crippen LogP contribution in [0.3, 0.4) is 0 Å². The summed E-state index contributed by atoms with van der Waals surface area (Å²) in [4.78, 5) is 11.6. The number of methoxy groups -OCH3 is 1. The molecule has 5 saturated carbocycles. The third-order valence-electron chi connectivity index (χ3n) is 12.5. The summed E-state index contributed by atoms with van der Waals surface area (Å²) in [6, 6.07) is 0. The van der Waals surface area contributed by atoms with Crippen LogP contribution in [-0.4, -0.2) is 24.3 Å². The van der Waals surface area contributed by atoms with Gasteiger partial charge in [0.25, 0.3) is 0 Å². The maximum Gasteiger partial charge on any atom is 0.306 e. The van der Waals surface area contributed by atoms with Crippen molar-refractivity contribution in [3.8, 4) is 0 Å². The van der Waals surface area contributed by atoms with Crippen LogP contribution in [0.2, 0.25) is 0 Å². The predicted molar refractivity (Wildman–Crippen MR) is 154 cm³/mol. The van der Waals surface area contributed by atoms with Gasteiger partial charge in [-0.1, -0.05) is 63.2 Å². The van der Waals surface area contributed by atoms with E-state index in [9.17, 15) is 9.90 Å². The molecule has 4 bridgehead atoms. The normalized spacial score (nSPS) is 45.5. The Balaban J connectivity index is 1.16. The molecule has 0 aromatic rings. The maximum atomic E-state index is 11.6. The van der Waals surface area contributed by atoms with E-state index in [-0.39, 0.29) is 5.92 Å². The zero-order valence-corrected chi connectivity index (χ0v) is 24.1. The first-order valence-corrected chi connectivity index (χ1v) is 16.7. The van der Waals surface area contributed by atoms with Crippen LogP contribution in [0.1, 0.15) is 122 Å². The van der Waals surface area contributed by atoms with E-state index in [1.165, 1.54) is 103 Å². The summed E-state index contributed by atoms with van der Waals surface area (Å²) in [5, 5.41) is 9.51. The lowest BCUT2D eigenvalue weighted by Gasteiger charge is -2.48. The summed E-state index contributed by atoms with van der Waals surface area (Å²) in [5.41, 5.74) is 2.12. The van der Waals surface area contributed by atoms with Gasteiger partial charge in [0.05, 0.1) is 12.0 Å². The van der Waals surface area contributed by atoms with Gasteiger partial charge in [0, 0.05) is 7.11 Å². The molecule has 8 atom stereocenters. The minimum absolute atomic E-state index is 0.146. The van der Waals surface area contributed by atoms with Gasteiger partial charge in [0.15, 0.2) is 0 Å². The zero-order valence-electron chi connectivity index (χ0n) is 24.1. The molecule has 0 heterocycles. The number of ether oxygens (including phenoxy) is 1. The third-order valence-corrected chi connectivity index (χ3v) is 12.5. The molecule has 1 N–H and O–H groups in total. The number of carboxylic acids is 1. The van der Waals surface area contributed by atoms with Gasteiger partial charge in [0.1, 0.15) is 0 Å². The molecule has 38 heavy (non-hydrogen) atoms. The van der Waals surface area contributed by atoms with Crippen molar-refractivity contribution in [3.05, 3.63) is 23.8 Å². The first-order valence-electron chi connectivity index (χ1n) is 16.7. The van der Waals surface area contributed by atoms with Gasteiger partial charge >= 0.3 is 5.97 Å². The number of fused-ring (bicyclic) bond motifs is 4. The third kappa shape index (κ3) is 5.98. The highest BCUT2D eigenvalue weighted by molar-refractivity contribution is 5.70. The van der Waals surface area contributed by atoms with Crippen LogP contribution in [0.5, 0.6) is 0 Å². The van der Waals surface area contributed by atoms with Crippen molar-refractivity contribution in [3.63, 3.8) is 0 Å². The summed E-state index contributed by atoms with van der Waals surface area (Å²) in [7, 11) is 1.97. The molecule has 3 heteroatoms. The molecule has 0 amide bonds. The standard InChI is InChI=1S/C35H54O3/c1-38-33-14-13-30(27-9-10-29-20-31(34(36)37)12-11-28(29)19-27)21-32(33)23-35-15-3-7-24-5-2-6-25(8-4-16-35)18-26(17-24)22-35/h9-10,19,24-26,28-33H,2-8,11-18,20-23H2,1H3,(H,36,37). The van der Waals surface area contributed by atoms with Gasteiger partial charge in [-0.05, 0) is 129 Å². The number of allylic oxidation sites excluding steroid dienone is 4. The Bertz CT molecular complexity index is 868. The van der Waals surface area contributed by atoms with E-state index in [0.29, 0.717) is 35.2 Å². The topological polar surface area (TPSA) is 46.5 Å². The summed E-state index contributed by atoms with van der Waals surface area (Å²) < 4.78 is 6.21. The number of rotatable bonds is 5. The molecule has 0 aromatic heterocycles. The molecule has 6 aliphatic rings. The molecule has 3 nitrogen and oxygen atoms in total. The fourth-order valence-electron chi connectivity index (χ4n) is 10.7. The average molecular weight is 523 g/mol. The lowest BCUT2D eigenvalue weighted by molar-refractivity contribution is -0.143. The highest BCUT2D eigenvalue weighted by Gasteiger charge is 2.43. The van der Waals surface area contributed by atoms with Gasteiger partial charge in [-0.25, -0.2) is 0 Å². The predicted octanol–water partition coefficient (Wildman–Crippen LogP) is 8.98. The van der Waals surface area contributed by atoms with Crippen molar-refractivity contribution in [2.45, 2.75) is 128 Å². The molecule has 0 aromatic carbocycles. The van der Waals surface area contributed by atoms with Gasteiger partial charge in [-0.15, -0.1) is 0 Å². The minimum atomic E-state index is -0.597. The fourth-order valence-corrected chi connectivity index (χ4v) is 10.7. The van der Waals surface area contributed by atoms with Crippen molar-refractivity contribution in [2.24, 2.45) is 52.8 Å². The average Bonchev–Trinajstić information content (AvgIpc) is 2.87. The van der Waals surface area contributed by atoms with Gasteiger partial charge in [0.2, 0.25) is 0 Å². The minimum Gasteiger partial charge on any atom is -0.481 e. The fraction of sp³-hybridized carbons (Fsp3) is 0.857. The quantitative estimate of drug-likeness (QED) is 0.392. The molecule has 0 saturated heterocycles. The largest absolute Gasteiger partial charge is 0.481 e. The van der Waals surface area contributed by atoms with Gasteiger partial charge in [-0.3, -0.25) is 4.79 Å². The van der Waals surface area contributed by atoms with E-state index in [2.05, 4.69) is 18.2 Å². The van der Waals surface area contributed by atoms with Crippen LogP contribution in [0, 0.1) is 52.8 Å². The Labute approximate surface area is 232 Å². The SMILES string of the molecule is COC1CCC(C2=CC3CCC(C(=O)O)CC3C=C2)CC1CC12CCCC3CCCC(CCC1)CC(C3)C2. The lowest BCUT2D eigenvalue weighted by Crippen LogP contribution is -2.39. The first-order chi connectivity index (χ1) is 18.5. The summed E-state index contributed by atoms with van der Waals surface area (Å²) in [5.74, 6) is 4.61. The monoisotopic (exact) mass is 522 g/mol. The summed E-state index contributed by atoms with van der Waals surface area (Å²) >= 11 is 0. The van der Waals surface area contributed by atoms with Crippen LogP contribution in [0.15, 0.2) is 23.8 Å². The van der Waals surface area contributed by atoms with Crippen LogP contribution < -0.4 is 0 Å². The van der Waals surface area contributed by atoms with Crippen LogP contribution in [-0.2, 0) is 9.53 Å². The molecule has 0 spiro atoms. The van der Waals surface area contributed by atoms with Gasteiger partial charge < -0.3 is 9.84 Å². The first kappa shape index (κ1) is 27.1. The molecule has 0 aliphatic heterocycles. The number of aliphatic carboxylic acids is 1. The lowest BCUT2D eigenvalue weighted by atomic mass is 9.58. The van der Waals surface area contributed by atoms with E-state index < -0.39 is 5.97 Å². The molecule has 6 rings (SSSR count). The van der Waals surface area contributed by atoms with E-state index in [1.807, 2.05) is 7.11 Å². The van der Waals surface area contributed by atoms with Crippen molar-refractivity contribution in [1.29, 1.82) is 0 Å². The summed E-state index contributed by atoms with van der Waals surface area (Å²) in [6.45, 7) is 0. The molecule has 8 unspecified atom stereocenters. The highest BCUT2D eigenvalue weighted by atomic mass is 16.5. The number of carboxylic acid groups (broad SMARTS) is 1. The van der Waals surface area contributed by atoms with Crippen LogP contribution in [0.25, 0.3) is 0 Å². The molecule has 6 aliphatic carbocycles. The second-order valence-electron chi connectivity index (χ2n) is 14.9. The second-order valence-corrected chi connectivity index (χ2v) is 14.9. The zero-order chi connectivity index (χ0) is 26.1. The highest BCUT2D eigenvalue weighted by Crippen LogP contribution is 2.54. The molecule has 5 fully saturated rings. The Kier molecular flexibility index (Phi) is 8.41. The van der Waals surface area contributed by atoms with Crippen molar-refractivity contribution >= 4 is 5.97 Å². The number of hydrogen-bond acceptors (Lipinski definition) is 2. The van der Waals surface area contributed by atoms with Crippen molar-refractivity contribution in [1.82, 2.24) is 0 Å². The number of hydrogen-bond donors (Lipinski definition) is 1. The van der Waals surface area contributed by atoms with Crippen LogP contribution >= 0.6 is 0 Å². The van der Waals surface area contributed by atoms with Crippen molar-refractivity contribution < 1.29 is 14.6 Å². The van der Waals surface area contributed by atoms with E-state index in [0.717, 1.165) is 37.0 Å². The summed E-state index contributed by atoms with van der Waals surface area (Å²) in [6.07, 6.45) is 33.6. The van der Waals surface area contributed by atoms with Gasteiger partial charge in [-0.2, -0.15) is 0 Å². The molecular weight excluding hydrogens is 468 g/mol. The Morgan fingerprint density at radius 1 is 0.868 bits per heavy atom. The van der Waals surface area contributed by atoms with E-state index in [1.54, 1.807) is 5.57 Å².